The van der Waals surface area contributed by atoms with E-state index in [-0.39, 0.29) is 29.8 Å². The van der Waals surface area contributed by atoms with Gasteiger partial charge in [-0.3, -0.25) is 13.9 Å². The Balaban J connectivity index is 1.60. The molecule has 49 heavy (non-hydrogen) atoms. The molecule has 0 spiro atoms. The number of nitrogens with one attached hydrogen (secondary N) is 1. The minimum Gasteiger partial charge on any atom is -0.352 e. The lowest BCUT2D eigenvalue weighted by Gasteiger charge is -2.35. The maximum Gasteiger partial charge on any atom is 0.264 e. The summed E-state index contributed by atoms with van der Waals surface area (Å²) >= 11 is 19.1. The van der Waals surface area contributed by atoms with Gasteiger partial charge in [-0.15, -0.1) is 0 Å². The number of hydrogen-bond acceptors (Lipinski definition) is 4. The number of hydrogen-bond donors (Lipinski definition) is 1. The molecule has 1 aliphatic rings. The third-order valence-corrected chi connectivity index (χ3v) is 11.5. The van der Waals surface area contributed by atoms with E-state index < -0.39 is 28.5 Å². The highest BCUT2D eigenvalue weighted by atomic mass is 35.5. The first kappa shape index (κ1) is 36.7. The molecule has 1 aliphatic carbocycles. The number of sulfonamides is 1. The number of aryl methyl sites for hydroxylation is 2. The lowest BCUT2D eigenvalue weighted by Crippen LogP contribution is -2.55. The fraction of sp³-hybridized carbons (Fsp3) is 0.316. The van der Waals surface area contributed by atoms with Gasteiger partial charge in [-0.25, -0.2) is 8.42 Å². The highest BCUT2D eigenvalue weighted by Gasteiger charge is 2.36. The first-order chi connectivity index (χ1) is 23.4. The van der Waals surface area contributed by atoms with Crippen LogP contribution in [0.5, 0.6) is 0 Å². The van der Waals surface area contributed by atoms with Gasteiger partial charge in [0.25, 0.3) is 10.0 Å². The summed E-state index contributed by atoms with van der Waals surface area (Å²) < 4.78 is 29.8. The molecule has 4 aromatic rings. The third kappa shape index (κ3) is 9.37. The number of anilines is 1. The summed E-state index contributed by atoms with van der Waals surface area (Å²) in [5.41, 5.74) is 3.18. The second-order valence-electron chi connectivity index (χ2n) is 12.6. The number of carbonyl (C=O) groups excluding carboxylic acids is 2. The summed E-state index contributed by atoms with van der Waals surface area (Å²) in [6.07, 6.45) is 5.08. The average Bonchev–Trinajstić information content (AvgIpc) is 3.07. The first-order valence-electron chi connectivity index (χ1n) is 16.4. The molecule has 1 atom stereocenters. The molecule has 1 unspecified atom stereocenters. The molecule has 11 heteroatoms. The molecular formula is C38H40Cl3N3O4S. The Labute approximate surface area is 304 Å². The largest absolute Gasteiger partial charge is 0.352 e. The van der Waals surface area contributed by atoms with E-state index in [2.05, 4.69) is 5.32 Å². The van der Waals surface area contributed by atoms with Gasteiger partial charge in [0, 0.05) is 34.1 Å². The topological polar surface area (TPSA) is 86.8 Å². The van der Waals surface area contributed by atoms with E-state index >= 15 is 0 Å². The molecule has 0 aromatic heterocycles. The van der Waals surface area contributed by atoms with Crippen LogP contribution in [0.2, 0.25) is 15.1 Å². The standard InChI is InChI=1S/C38H40Cl3N3O4S/c1-26-13-18-33(19-14-26)49(47,48)44(35-20-17-30(39)21-27(35)2)25-37(45)43(24-29-15-16-31(40)23-34(29)41)36(22-28-9-5-3-6-10-28)38(46)42-32-11-7-4-8-12-32/h3,5-6,9-10,13-21,23,32,36H,4,7-8,11-12,22,24-25H2,1-2H3,(H,42,46). The first-order valence-corrected chi connectivity index (χ1v) is 18.9. The fourth-order valence-corrected chi connectivity index (χ4v) is 8.35. The zero-order chi connectivity index (χ0) is 35.1. The van der Waals surface area contributed by atoms with Gasteiger partial charge in [-0.05, 0) is 85.8 Å². The molecule has 258 valence electrons. The van der Waals surface area contributed by atoms with Crippen molar-refractivity contribution in [1.29, 1.82) is 0 Å². The zero-order valence-corrected chi connectivity index (χ0v) is 30.6. The van der Waals surface area contributed by atoms with Crippen LogP contribution < -0.4 is 9.62 Å². The van der Waals surface area contributed by atoms with E-state index in [0.29, 0.717) is 31.9 Å². The van der Waals surface area contributed by atoms with Gasteiger partial charge in [-0.1, -0.05) is 108 Å². The Hall–Kier alpha value is -3.56. The number of benzene rings is 4. The normalized spacial score (nSPS) is 14.2. The highest BCUT2D eigenvalue weighted by Crippen LogP contribution is 2.31. The number of halogens is 3. The van der Waals surface area contributed by atoms with Crippen LogP contribution >= 0.6 is 34.8 Å². The van der Waals surface area contributed by atoms with Crippen molar-refractivity contribution < 1.29 is 18.0 Å². The van der Waals surface area contributed by atoms with Gasteiger partial charge in [-0.2, -0.15) is 0 Å². The van der Waals surface area contributed by atoms with Crippen LogP contribution in [-0.2, 0) is 32.6 Å². The smallest absolute Gasteiger partial charge is 0.264 e. The second kappa shape index (κ2) is 16.4. The van der Waals surface area contributed by atoms with Crippen LogP contribution in [-0.4, -0.2) is 43.8 Å². The van der Waals surface area contributed by atoms with E-state index in [4.69, 9.17) is 34.8 Å². The van der Waals surface area contributed by atoms with Crippen LogP contribution in [0.3, 0.4) is 0 Å². The van der Waals surface area contributed by atoms with Crippen molar-refractivity contribution in [2.24, 2.45) is 0 Å². The van der Waals surface area contributed by atoms with Gasteiger partial charge >= 0.3 is 0 Å². The number of carbonyl (C=O) groups is 2. The van der Waals surface area contributed by atoms with Crippen molar-refractivity contribution in [3.8, 4) is 0 Å². The molecule has 1 saturated carbocycles. The van der Waals surface area contributed by atoms with Crippen molar-refractivity contribution in [1.82, 2.24) is 10.2 Å². The Bertz CT molecular complexity index is 1880. The maximum absolute atomic E-state index is 14.8. The van der Waals surface area contributed by atoms with Gasteiger partial charge in [0.05, 0.1) is 10.6 Å². The van der Waals surface area contributed by atoms with E-state index in [0.717, 1.165) is 47.5 Å². The number of amides is 2. The Morgan fingerprint density at radius 3 is 2.14 bits per heavy atom. The minimum atomic E-state index is -4.25. The zero-order valence-electron chi connectivity index (χ0n) is 27.5. The lowest BCUT2D eigenvalue weighted by atomic mass is 9.94. The van der Waals surface area contributed by atoms with Crippen molar-refractivity contribution in [3.05, 3.63) is 128 Å². The summed E-state index contributed by atoms with van der Waals surface area (Å²) in [7, 11) is -4.25. The van der Waals surface area contributed by atoms with Crippen molar-refractivity contribution in [2.75, 3.05) is 10.8 Å². The molecule has 0 bridgehead atoms. The molecule has 0 aliphatic heterocycles. The molecule has 2 amide bonds. The number of rotatable bonds is 12. The maximum atomic E-state index is 14.8. The fourth-order valence-electron chi connectivity index (χ4n) is 6.18. The van der Waals surface area contributed by atoms with Crippen LogP contribution in [0.25, 0.3) is 0 Å². The van der Waals surface area contributed by atoms with Crippen molar-refractivity contribution in [2.45, 2.75) is 75.9 Å². The Kier molecular flexibility index (Phi) is 12.3. The van der Waals surface area contributed by atoms with E-state index in [1.54, 1.807) is 55.5 Å². The SMILES string of the molecule is Cc1ccc(S(=O)(=O)N(CC(=O)N(Cc2ccc(Cl)cc2Cl)C(Cc2ccccc2)C(=O)NC2CCCCC2)c2ccc(Cl)cc2C)cc1. The van der Waals surface area contributed by atoms with Crippen LogP contribution in [0.15, 0.2) is 95.9 Å². The molecular weight excluding hydrogens is 701 g/mol. The summed E-state index contributed by atoms with van der Waals surface area (Å²) in [5, 5.41) is 4.40. The molecule has 5 rings (SSSR count). The van der Waals surface area contributed by atoms with E-state index in [1.807, 2.05) is 37.3 Å². The van der Waals surface area contributed by atoms with E-state index in [1.165, 1.54) is 17.0 Å². The monoisotopic (exact) mass is 739 g/mol. The Morgan fingerprint density at radius 1 is 0.837 bits per heavy atom. The summed E-state index contributed by atoms with van der Waals surface area (Å²) in [6.45, 7) is 2.98. The molecule has 0 radical (unpaired) electrons. The van der Waals surface area contributed by atoms with E-state index in [9.17, 15) is 18.0 Å². The molecule has 7 nitrogen and oxygen atoms in total. The summed E-state index contributed by atoms with van der Waals surface area (Å²) in [5.74, 6) is -0.874. The van der Waals surface area contributed by atoms with Gasteiger partial charge in [0.15, 0.2) is 0 Å². The molecule has 0 heterocycles. The van der Waals surface area contributed by atoms with Crippen LogP contribution in [0, 0.1) is 13.8 Å². The van der Waals surface area contributed by atoms with Crippen molar-refractivity contribution >= 4 is 62.3 Å². The molecule has 0 saturated heterocycles. The average molecular weight is 741 g/mol. The molecule has 4 aromatic carbocycles. The Morgan fingerprint density at radius 2 is 1.49 bits per heavy atom. The predicted molar refractivity (Wildman–Crippen MR) is 198 cm³/mol. The lowest BCUT2D eigenvalue weighted by molar-refractivity contribution is -0.140. The van der Waals surface area contributed by atoms with Crippen LogP contribution in [0.1, 0.15) is 54.4 Å². The quantitative estimate of drug-likeness (QED) is 0.158. The third-order valence-electron chi connectivity index (χ3n) is 8.89. The summed E-state index contributed by atoms with van der Waals surface area (Å²) in [4.78, 5) is 30.6. The van der Waals surface area contributed by atoms with Gasteiger partial charge in [0.1, 0.15) is 12.6 Å². The predicted octanol–water partition coefficient (Wildman–Crippen LogP) is 8.55. The van der Waals surface area contributed by atoms with Crippen LogP contribution in [0.4, 0.5) is 5.69 Å². The minimum absolute atomic E-state index is 0.00859. The van der Waals surface area contributed by atoms with Gasteiger partial charge in [0.2, 0.25) is 11.8 Å². The number of nitrogens with zero attached hydrogens (tertiary/aromatic N) is 2. The summed E-state index contributed by atoms with van der Waals surface area (Å²) in [6, 6.07) is 24.8. The van der Waals surface area contributed by atoms with Gasteiger partial charge < -0.3 is 10.2 Å². The highest BCUT2D eigenvalue weighted by molar-refractivity contribution is 7.92. The molecule has 1 N–H and O–H groups in total. The molecule has 1 fully saturated rings. The second-order valence-corrected chi connectivity index (χ2v) is 15.7. The van der Waals surface area contributed by atoms with Crippen molar-refractivity contribution in [3.63, 3.8) is 0 Å².